The molecule has 7 heteroatoms. The highest BCUT2D eigenvalue weighted by molar-refractivity contribution is 6.31. The van der Waals surface area contributed by atoms with Gasteiger partial charge in [0.2, 0.25) is 5.91 Å². The van der Waals surface area contributed by atoms with Crippen LogP contribution < -0.4 is 5.32 Å². The Bertz CT molecular complexity index is 537. The van der Waals surface area contributed by atoms with E-state index in [1.165, 1.54) is 16.8 Å². The highest BCUT2D eigenvalue weighted by atomic mass is 35.5. The first-order chi connectivity index (χ1) is 9.36. The van der Waals surface area contributed by atoms with Crippen molar-refractivity contribution in [1.82, 2.24) is 15.1 Å². The zero-order chi connectivity index (χ0) is 15.3. The van der Waals surface area contributed by atoms with Crippen molar-refractivity contribution >= 4 is 29.6 Å². The summed E-state index contributed by atoms with van der Waals surface area (Å²) in [6, 6.07) is -0.873. The molecule has 0 spiro atoms. The molecule has 0 radical (unpaired) electrons. The summed E-state index contributed by atoms with van der Waals surface area (Å²) in [7, 11) is 1.70. The molecule has 1 rings (SSSR count). The Morgan fingerprint density at radius 1 is 1.55 bits per heavy atom. The van der Waals surface area contributed by atoms with E-state index in [4.69, 9.17) is 16.7 Å². The fourth-order valence-electron chi connectivity index (χ4n) is 1.76. The Labute approximate surface area is 122 Å². The summed E-state index contributed by atoms with van der Waals surface area (Å²) in [5.74, 6) is -1.51. The second-order valence-corrected chi connectivity index (χ2v) is 4.79. The van der Waals surface area contributed by atoms with Crippen molar-refractivity contribution in [3.63, 3.8) is 0 Å². The lowest BCUT2D eigenvalue weighted by Crippen LogP contribution is -2.39. The number of aliphatic carboxylic acids is 1. The molecule has 110 valence electrons. The third-order valence-corrected chi connectivity index (χ3v) is 3.24. The number of aromatic nitrogens is 2. The summed E-state index contributed by atoms with van der Waals surface area (Å²) in [6.07, 6.45) is 3.86. The van der Waals surface area contributed by atoms with Crippen molar-refractivity contribution in [3.8, 4) is 0 Å². The van der Waals surface area contributed by atoms with Crippen molar-refractivity contribution < 1.29 is 14.7 Å². The number of aryl methyl sites for hydroxylation is 2. The molecule has 1 aromatic heterocycles. The predicted molar refractivity (Wildman–Crippen MR) is 76.5 cm³/mol. The standard InChI is InChI=1S/C13H18ClN3O3/c1-4-5-10(13(19)20)15-11(18)7-6-9-8(2)16-17(3)12(9)14/h6-7,10H,4-5H2,1-3H3,(H,15,18)(H,19,20)/b7-6+. The molecule has 1 amide bonds. The quantitative estimate of drug-likeness (QED) is 0.784. The van der Waals surface area contributed by atoms with E-state index in [2.05, 4.69) is 10.4 Å². The smallest absolute Gasteiger partial charge is 0.326 e. The largest absolute Gasteiger partial charge is 0.480 e. The lowest BCUT2D eigenvalue weighted by molar-refractivity contribution is -0.141. The van der Waals surface area contributed by atoms with Gasteiger partial charge >= 0.3 is 5.97 Å². The number of hydrogen-bond acceptors (Lipinski definition) is 3. The Balaban J connectivity index is 2.74. The van der Waals surface area contributed by atoms with E-state index < -0.39 is 17.9 Å². The second kappa shape index (κ2) is 7.09. The van der Waals surface area contributed by atoms with E-state index in [0.717, 1.165) is 0 Å². The van der Waals surface area contributed by atoms with E-state index in [-0.39, 0.29) is 0 Å². The first-order valence-corrected chi connectivity index (χ1v) is 6.65. The minimum absolute atomic E-state index is 0.390. The van der Waals surface area contributed by atoms with Crippen LogP contribution in [-0.2, 0) is 16.6 Å². The lowest BCUT2D eigenvalue weighted by Gasteiger charge is -2.11. The molecule has 0 aliphatic carbocycles. The van der Waals surface area contributed by atoms with E-state index in [1.54, 1.807) is 14.0 Å². The number of carboxylic acids is 1. The summed E-state index contributed by atoms with van der Waals surface area (Å²) < 4.78 is 1.51. The van der Waals surface area contributed by atoms with Gasteiger partial charge in [-0.15, -0.1) is 0 Å². The minimum atomic E-state index is -1.04. The monoisotopic (exact) mass is 299 g/mol. The summed E-state index contributed by atoms with van der Waals surface area (Å²) in [4.78, 5) is 22.6. The van der Waals surface area contributed by atoms with Gasteiger partial charge in [-0.25, -0.2) is 4.79 Å². The van der Waals surface area contributed by atoms with Crippen LogP contribution in [0.1, 0.15) is 31.0 Å². The molecule has 6 nitrogen and oxygen atoms in total. The van der Waals surface area contributed by atoms with Crippen LogP contribution >= 0.6 is 11.6 Å². The number of hydrogen-bond donors (Lipinski definition) is 2. The summed E-state index contributed by atoms with van der Waals surface area (Å²) in [5.41, 5.74) is 1.34. The number of nitrogens with one attached hydrogen (secondary N) is 1. The molecule has 0 saturated heterocycles. The van der Waals surface area contributed by atoms with Crippen LogP contribution in [0.5, 0.6) is 0 Å². The highest BCUT2D eigenvalue weighted by Crippen LogP contribution is 2.19. The number of carbonyl (C=O) groups excluding carboxylic acids is 1. The van der Waals surface area contributed by atoms with Crippen molar-refractivity contribution in [2.24, 2.45) is 7.05 Å². The Morgan fingerprint density at radius 2 is 2.20 bits per heavy atom. The molecule has 0 saturated carbocycles. The average molecular weight is 300 g/mol. The molecule has 1 heterocycles. The SMILES string of the molecule is CCCC(NC(=O)/C=C/c1c(C)nn(C)c1Cl)C(=O)O. The van der Waals surface area contributed by atoms with Crippen LogP contribution in [0.2, 0.25) is 5.15 Å². The van der Waals surface area contributed by atoms with Crippen LogP contribution in [0, 0.1) is 6.92 Å². The number of rotatable bonds is 6. The fraction of sp³-hybridized carbons (Fsp3) is 0.462. The molecule has 1 unspecified atom stereocenters. The number of halogens is 1. The second-order valence-electron chi connectivity index (χ2n) is 4.43. The predicted octanol–water partition coefficient (Wildman–Crippen LogP) is 1.76. The van der Waals surface area contributed by atoms with Gasteiger partial charge in [-0.05, 0) is 19.4 Å². The van der Waals surface area contributed by atoms with Crippen LogP contribution in [0.25, 0.3) is 6.08 Å². The van der Waals surface area contributed by atoms with Crippen LogP contribution in [0.4, 0.5) is 0 Å². The molecule has 1 atom stereocenters. The third kappa shape index (κ3) is 4.09. The Morgan fingerprint density at radius 3 is 2.65 bits per heavy atom. The molecule has 1 aromatic rings. The maximum Gasteiger partial charge on any atom is 0.326 e. The number of amides is 1. The number of carbonyl (C=O) groups is 2. The molecular weight excluding hydrogens is 282 g/mol. The Hall–Kier alpha value is -1.82. The van der Waals surface area contributed by atoms with Crippen molar-refractivity contribution in [2.75, 3.05) is 0 Å². The lowest BCUT2D eigenvalue weighted by atomic mass is 10.1. The van der Waals surface area contributed by atoms with Gasteiger partial charge in [-0.3, -0.25) is 9.48 Å². The maximum absolute atomic E-state index is 11.7. The van der Waals surface area contributed by atoms with Gasteiger partial charge in [0.25, 0.3) is 0 Å². The van der Waals surface area contributed by atoms with Crippen molar-refractivity contribution in [1.29, 1.82) is 0 Å². The topological polar surface area (TPSA) is 84.2 Å². The molecule has 0 fully saturated rings. The first kappa shape index (κ1) is 16.2. The molecule has 20 heavy (non-hydrogen) atoms. The molecule has 0 aliphatic rings. The van der Waals surface area contributed by atoms with E-state index in [0.29, 0.717) is 29.3 Å². The number of carboxylic acid groups (broad SMARTS) is 1. The molecule has 2 N–H and O–H groups in total. The van der Waals surface area contributed by atoms with Gasteiger partial charge in [0.15, 0.2) is 0 Å². The maximum atomic E-state index is 11.7. The van der Waals surface area contributed by atoms with Crippen LogP contribution in [0.3, 0.4) is 0 Å². The molecule has 0 bridgehead atoms. The average Bonchev–Trinajstić information content (AvgIpc) is 2.60. The molecule has 0 aromatic carbocycles. The first-order valence-electron chi connectivity index (χ1n) is 6.27. The summed E-state index contributed by atoms with van der Waals surface area (Å²) in [5, 5.41) is 15.9. The third-order valence-electron chi connectivity index (χ3n) is 2.79. The normalized spacial score (nSPS) is 12.6. The van der Waals surface area contributed by atoms with Gasteiger partial charge in [0.05, 0.1) is 5.69 Å². The highest BCUT2D eigenvalue weighted by Gasteiger charge is 2.17. The number of nitrogens with zero attached hydrogens (tertiary/aromatic N) is 2. The van der Waals surface area contributed by atoms with Gasteiger partial charge in [0, 0.05) is 18.7 Å². The zero-order valence-electron chi connectivity index (χ0n) is 11.7. The zero-order valence-corrected chi connectivity index (χ0v) is 12.4. The summed E-state index contributed by atoms with van der Waals surface area (Å²) in [6.45, 7) is 3.64. The fourth-order valence-corrected chi connectivity index (χ4v) is 2.00. The Kier molecular flexibility index (Phi) is 5.76. The van der Waals surface area contributed by atoms with E-state index in [9.17, 15) is 9.59 Å². The van der Waals surface area contributed by atoms with Crippen molar-refractivity contribution in [2.45, 2.75) is 32.7 Å². The van der Waals surface area contributed by atoms with Gasteiger partial charge in [0.1, 0.15) is 11.2 Å². The van der Waals surface area contributed by atoms with Crippen LogP contribution in [-0.4, -0.2) is 32.8 Å². The van der Waals surface area contributed by atoms with Crippen LogP contribution in [0.15, 0.2) is 6.08 Å². The molecular formula is C13H18ClN3O3. The van der Waals surface area contributed by atoms with Crippen molar-refractivity contribution in [3.05, 3.63) is 22.5 Å². The van der Waals surface area contributed by atoms with Gasteiger partial charge < -0.3 is 10.4 Å². The summed E-state index contributed by atoms with van der Waals surface area (Å²) >= 11 is 6.03. The van der Waals surface area contributed by atoms with E-state index >= 15 is 0 Å². The van der Waals surface area contributed by atoms with Gasteiger partial charge in [-0.2, -0.15) is 5.10 Å². The van der Waals surface area contributed by atoms with Gasteiger partial charge in [-0.1, -0.05) is 24.9 Å². The minimum Gasteiger partial charge on any atom is -0.480 e. The van der Waals surface area contributed by atoms with E-state index in [1.807, 2.05) is 6.92 Å². The molecule has 0 aliphatic heterocycles.